The molecule has 0 aliphatic heterocycles. The predicted octanol–water partition coefficient (Wildman–Crippen LogP) is 9.65. The van der Waals surface area contributed by atoms with E-state index in [9.17, 15) is 4.79 Å². The van der Waals surface area contributed by atoms with E-state index in [1.54, 1.807) is 12.7 Å². The van der Waals surface area contributed by atoms with Crippen molar-refractivity contribution >= 4 is 11.8 Å². The Bertz CT molecular complexity index is 1030. The van der Waals surface area contributed by atoms with Gasteiger partial charge in [-0.3, -0.25) is 5.32 Å². The number of methoxy groups -OCH3 is 1. The topological polar surface area (TPSA) is 47.6 Å². The SMILES string of the molecule is COc1ccc(NC(=O)OC2CCC3(C)C(=CCC4C3CCC3(C)C(C(C)CCCC(C)C)CCC43)C2)cc1. The molecule has 8 unspecified atom stereocenters. The minimum atomic E-state index is -0.351. The molecule has 1 N–H and O–H groups in total. The Kier molecular flexibility index (Phi) is 8.41. The first-order chi connectivity index (χ1) is 18.6. The number of ether oxygens (including phenoxy) is 2. The molecule has 1 aromatic carbocycles. The van der Waals surface area contributed by atoms with Crippen molar-refractivity contribution in [2.45, 2.75) is 111 Å². The minimum Gasteiger partial charge on any atom is -0.497 e. The van der Waals surface area contributed by atoms with E-state index < -0.39 is 0 Å². The fraction of sp³-hybridized carbons (Fsp3) is 0.743. The summed E-state index contributed by atoms with van der Waals surface area (Å²) in [7, 11) is 1.64. The Labute approximate surface area is 237 Å². The molecule has 4 heteroatoms. The molecular formula is C35H53NO3. The summed E-state index contributed by atoms with van der Waals surface area (Å²) in [6, 6.07) is 7.39. The Morgan fingerprint density at radius 3 is 2.49 bits per heavy atom. The highest BCUT2D eigenvalue weighted by Crippen LogP contribution is 2.67. The van der Waals surface area contributed by atoms with E-state index in [-0.39, 0.29) is 17.6 Å². The fourth-order valence-corrected chi connectivity index (χ4v) is 9.73. The second kappa shape index (κ2) is 11.5. The maximum Gasteiger partial charge on any atom is 0.411 e. The van der Waals surface area contributed by atoms with Crippen LogP contribution in [-0.4, -0.2) is 19.3 Å². The van der Waals surface area contributed by atoms with Gasteiger partial charge in [-0.25, -0.2) is 4.79 Å². The van der Waals surface area contributed by atoms with Crippen LogP contribution < -0.4 is 10.1 Å². The van der Waals surface area contributed by atoms with Gasteiger partial charge in [0.25, 0.3) is 0 Å². The van der Waals surface area contributed by atoms with Crippen molar-refractivity contribution in [1.29, 1.82) is 0 Å². The zero-order chi connectivity index (χ0) is 27.8. The van der Waals surface area contributed by atoms with Crippen LogP contribution in [0.3, 0.4) is 0 Å². The number of nitrogens with one attached hydrogen (secondary N) is 1. The van der Waals surface area contributed by atoms with Crippen molar-refractivity contribution in [3.63, 3.8) is 0 Å². The highest BCUT2D eigenvalue weighted by Gasteiger charge is 2.59. The summed E-state index contributed by atoms with van der Waals surface area (Å²) in [5.74, 6) is 5.87. The second-order valence-electron chi connectivity index (χ2n) is 14.4. The summed E-state index contributed by atoms with van der Waals surface area (Å²) in [4.78, 5) is 12.7. The normalized spacial score (nSPS) is 36.3. The van der Waals surface area contributed by atoms with Gasteiger partial charge in [0, 0.05) is 12.1 Å². The molecule has 1 aromatic rings. The zero-order valence-corrected chi connectivity index (χ0v) is 25.4. The number of amides is 1. The molecule has 216 valence electrons. The summed E-state index contributed by atoms with van der Waals surface area (Å²) in [6.45, 7) is 12.5. The van der Waals surface area contributed by atoms with Crippen molar-refractivity contribution in [3.8, 4) is 5.75 Å². The first-order valence-electron chi connectivity index (χ1n) is 15.9. The number of rotatable bonds is 8. The fourth-order valence-electron chi connectivity index (χ4n) is 9.73. The maximum absolute atomic E-state index is 12.7. The number of hydrogen-bond donors (Lipinski definition) is 1. The molecule has 39 heavy (non-hydrogen) atoms. The Morgan fingerprint density at radius 1 is 1.00 bits per heavy atom. The van der Waals surface area contributed by atoms with Gasteiger partial charge in [-0.1, -0.05) is 65.5 Å². The highest BCUT2D eigenvalue weighted by atomic mass is 16.6. The number of fused-ring (bicyclic) bond motifs is 5. The second-order valence-corrected chi connectivity index (χ2v) is 14.4. The van der Waals surface area contributed by atoms with E-state index in [4.69, 9.17) is 9.47 Å². The van der Waals surface area contributed by atoms with E-state index in [1.807, 2.05) is 24.3 Å². The molecule has 3 fully saturated rings. The lowest BCUT2D eigenvalue weighted by Crippen LogP contribution is -2.51. The molecule has 0 spiro atoms. The average molecular weight is 536 g/mol. The molecule has 4 aliphatic carbocycles. The predicted molar refractivity (Wildman–Crippen MR) is 160 cm³/mol. The Hall–Kier alpha value is -1.97. The lowest BCUT2D eigenvalue weighted by atomic mass is 9.47. The standard InChI is InChI=1S/C35H53NO3/c1-23(2)8-7-9-24(3)30-16-17-31-29-15-10-25-22-28(18-20-34(25,4)32(29)19-21-35(30,31)5)39-33(37)36-26-11-13-27(38-6)14-12-26/h10-14,23-24,28-32H,7-9,15-22H2,1-6H3,(H,36,37). The van der Waals surface area contributed by atoms with Gasteiger partial charge >= 0.3 is 6.09 Å². The van der Waals surface area contributed by atoms with Crippen molar-refractivity contribution < 1.29 is 14.3 Å². The number of allylic oxidation sites excluding steroid dienone is 1. The molecule has 4 aliphatic rings. The Balaban J connectivity index is 1.20. The molecule has 0 heterocycles. The lowest BCUT2D eigenvalue weighted by Gasteiger charge is -2.58. The average Bonchev–Trinajstić information content (AvgIpc) is 3.26. The highest BCUT2D eigenvalue weighted by molar-refractivity contribution is 5.84. The van der Waals surface area contributed by atoms with Crippen LogP contribution in [-0.2, 0) is 4.74 Å². The van der Waals surface area contributed by atoms with Crippen LogP contribution in [0.2, 0.25) is 0 Å². The molecule has 0 saturated heterocycles. The molecule has 0 bridgehead atoms. The largest absolute Gasteiger partial charge is 0.497 e. The smallest absolute Gasteiger partial charge is 0.411 e. The van der Waals surface area contributed by atoms with Crippen LogP contribution in [0.15, 0.2) is 35.9 Å². The van der Waals surface area contributed by atoms with Crippen molar-refractivity contribution in [2.24, 2.45) is 46.3 Å². The lowest BCUT2D eigenvalue weighted by molar-refractivity contribution is -0.0577. The Morgan fingerprint density at radius 2 is 1.77 bits per heavy atom. The van der Waals surface area contributed by atoms with E-state index in [0.717, 1.165) is 66.2 Å². The molecule has 4 nitrogen and oxygen atoms in total. The van der Waals surface area contributed by atoms with E-state index in [1.165, 1.54) is 51.4 Å². The van der Waals surface area contributed by atoms with Gasteiger partial charge < -0.3 is 9.47 Å². The third-order valence-corrected chi connectivity index (χ3v) is 11.9. The first kappa shape index (κ1) is 28.6. The van der Waals surface area contributed by atoms with Crippen molar-refractivity contribution in [2.75, 3.05) is 12.4 Å². The molecule has 1 amide bonds. The molecule has 0 radical (unpaired) electrons. The summed E-state index contributed by atoms with van der Waals surface area (Å²) in [5.41, 5.74) is 3.10. The van der Waals surface area contributed by atoms with Gasteiger partial charge in [0.05, 0.1) is 7.11 Å². The van der Waals surface area contributed by atoms with Crippen LogP contribution in [0.4, 0.5) is 10.5 Å². The summed E-state index contributed by atoms with van der Waals surface area (Å²) in [5, 5.41) is 2.89. The summed E-state index contributed by atoms with van der Waals surface area (Å²) < 4.78 is 11.1. The summed E-state index contributed by atoms with van der Waals surface area (Å²) in [6.07, 6.45) is 16.3. The van der Waals surface area contributed by atoms with Crippen molar-refractivity contribution in [1.82, 2.24) is 0 Å². The summed E-state index contributed by atoms with van der Waals surface area (Å²) >= 11 is 0. The quantitative estimate of drug-likeness (QED) is 0.337. The third-order valence-electron chi connectivity index (χ3n) is 11.9. The van der Waals surface area contributed by atoms with Gasteiger partial charge in [-0.2, -0.15) is 0 Å². The van der Waals surface area contributed by atoms with Gasteiger partial charge in [0.2, 0.25) is 0 Å². The van der Waals surface area contributed by atoms with Gasteiger partial charge in [0.1, 0.15) is 11.9 Å². The molecule has 5 rings (SSSR count). The van der Waals surface area contributed by atoms with Gasteiger partial charge in [-0.05, 0) is 116 Å². The van der Waals surface area contributed by atoms with Crippen molar-refractivity contribution in [3.05, 3.63) is 35.9 Å². The van der Waals surface area contributed by atoms with Gasteiger partial charge in [0.15, 0.2) is 0 Å². The van der Waals surface area contributed by atoms with Crippen LogP contribution >= 0.6 is 0 Å². The number of carbonyl (C=O) groups is 1. The van der Waals surface area contributed by atoms with Crippen LogP contribution in [0.5, 0.6) is 5.75 Å². The van der Waals surface area contributed by atoms with E-state index in [0.29, 0.717) is 5.41 Å². The van der Waals surface area contributed by atoms with E-state index >= 15 is 0 Å². The maximum atomic E-state index is 12.7. The minimum absolute atomic E-state index is 0.0319. The number of carbonyl (C=O) groups excluding carboxylic acids is 1. The molecule has 3 saturated carbocycles. The number of hydrogen-bond acceptors (Lipinski definition) is 3. The van der Waals surface area contributed by atoms with Gasteiger partial charge in [-0.15, -0.1) is 0 Å². The number of benzene rings is 1. The molecule has 0 aromatic heterocycles. The van der Waals surface area contributed by atoms with E-state index in [2.05, 4.69) is 46.0 Å². The first-order valence-corrected chi connectivity index (χ1v) is 15.9. The molecular weight excluding hydrogens is 482 g/mol. The van der Waals surface area contributed by atoms with Crippen LogP contribution in [0, 0.1) is 46.3 Å². The number of anilines is 1. The van der Waals surface area contributed by atoms with Crippen LogP contribution in [0.1, 0.15) is 105 Å². The van der Waals surface area contributed by atoms with Crippen LogP contribution in [0.25, 0.3) is 0 Å². The third kappa shape index (κ3) is 5.64. The zero-order valence-electron chi connectivity index (χ0n) is 25.4. The monoisotopic (exact) mass is 535 g/mol. The molecule has 8 atom stereocenters.